The summed E-state index contributed by atoms with van der Waals surface area (Å²) in [5.74, 6) is 0.383. The van der Waals surface area contributed by atoms with Crippen molar-refractivity contribution in [3.8, 4) is 0 Å². The molecule has 0 bridgehead atoms. The molecule has 0 spiro atoms. The van der Waals surface area contributed by atoms with Gasteiger partial charge in [0.05, 0.1) is 6.42 Å². The van der Waals surface area contributed by atoms with Crippen molar-refractivity contribution < 1.29 is 9.90 Å². The Balaban J connectivity index is 1.51. The van der Waals surface area contributed by atoms with E-state index in [2.05, 4.69) is 14.8 Å². The zero-order valence-corrected chi connectivity index (χ0v) is 11.7. The summed E-state index contributed by atoms with van der Waals surface area (Å²) >= 11 is 0. The van der Waals surface area contributed by atoms with Gasteiger partial charge in [-0.15, -0.1) is 0 Å². The number of rotatable bonds is 5. The summed E-state index contributed by atoms with van der Waals surface area (Å²) in [6, 6.07) is 5.99. The molecule has 1 aromatic heterocycles. The molecule has 0 amide bonds. The molecule has 108 valence electrons. The topological polar surface area (TPSA) is 56.7 Å². The molecule has 20 heavy (non-hydrogen) atoms. The van der Waals surface area contributed by atoms with Crippen LogP contribution in [0.2, 0.25) is 0 Å². The lowest BCUT2D eigenvalue weighted by atomic mass is 10.0. The summed E-state index contributed by atoms with van der Waals surface area (Å²) < 4.78 is 0. The Labute approximate surface area is 119 Å². The Hall–Kier alpha value is -1.62. The van der Waals surface area contributed by atoms with Crippen LogP contribution in [0, 0.1) is 5.41 Å². The Morgan fingerprint density at radius 1 is 1.25 bits per heavy atom. The third kappa shape index (κ3) is 3.10. The van der Waals surface area contributed by atoms with Crippen LogP contribution in [0.5, 0.6) is 0 Å². The summed E-state index contributed by atoms with van der Waals surface area (Å²) in [6.07, 6.45) is 4.29. The van der Waals surface area contributed by atoms with Gasteiger partial charge < -0.3 is 10.0 Å². The lowest BCUT2D eigenvalue weighted by Gasteiger charge is -2.37. The molecule has 1 saturated heterocycles. The molecule has 2 aliphatic rings. The number of piperazine rings is 1. The maximum atomic E-state index is 10.9. The normalized spacial score (nSPS) is 21.7. The molecule has 0 aromatic carbocycles. The average Bonchev–Trinajstić information content (AvgIpc) is 3.19. The van der Waals surface area contributed by atoms with E-state index in [1.807, 2.05) is 24.4 Å². The van der Waals surface area contributed by atoms with Gasteiger partial charge in [0.15, 0.2) is 0 Å². The standard InChI is InChI=1S/C15H21N3O2/c19-14(20)11-15(4-5-15)12-17-7-9-18(10-8-17)13-3-1-2-6-16-13/h1-3,6H,4-5,7-12H2,(H,19,20). The molecule has 5 nitrogen and oxygen atoms in total. The second kappa shape index (κ2) is 5.40. The number of anilines is 1. The Morgan fingerprint density at radius 2 is 2.00 bits per heavy atom. The summed E-state index contributed by atoms with van der Waals surface area (Å²) in [5, 5.41) is 8.97. The van der Waals surface area contributed by atoms with E-state index in [9.17, 15) is 4.79 Å². The van der Waals surface area contributed by atoms with E-state index in [0.717, 1.165) is 51.4 Å². The minimum atomic E-state index is -0.658. The lowest BCUT2D eigenvalue weighted by molar-refractivity contribution is -0.138. The number of aromatic nitrogens is 1. The van der Waals surface area contributed by atoms with E-state index < -0.39 is 5.97 Å². The van der Waals surface area contributed by atoms with Crippen LogP contribution in [0.4, 0.5) is 5.82 Å². The van der Waals surface area contributed by atoms with Crippen LogP contribution in [0.25, 0.3) is 0 Å². The summed E-state index contributed by atoms with van der Waals surface area (Å²) in [5.41, 5.74) is 0.0685. The Bertz CT molecular complexity index is 465. The van der Waals surface area contributed by atoms with Gasteiger partial charge in [0, 0.05) is 38.9 Å². The van der Waals surface area contributed by atoms with Crippen molar-refractivity contribution in [2.45, 2.75) is 19.3 Å². The van der Waals surface area contributed by atoms with Gasteiger partial charge in [-0.1, -0.05) is 6.07 Å². The molecule has 0 atom stereocenters. The van der Waals surface area contributed by atoms with Crippen LogP contribution in [0.1, 0.15) is 19.3 Å². The largest absolute Gasteiger partial charge is 0.481 e. The van der Waals surface area contributed by atoms with Gasteiger partial charge in [-0.25, -0.2) is 4.98 Å². The van der Waals surface area contributed by atoms with E-state index in [0.29, 0.717) is 6.42 Å². The first-order chi connectivity index (χ1) is 9.67. The first kappa shape index (κ1) is 13.4. The van der Waals surface area contributed by atoms with E-state index in [1.54, 1.807) is 0 Å². The molecule has 2 fully saturated rings. The number of hydrogen-bond donors (Lipinski definition) is 1. The number of aliphatic carboxylic acids is 1. The molecule has 1 N–H and O–H groups in total. The molecule has 0 radical (unpaired) electrons. The van der Waals surface area contributed by atoms with Gasteiger partial charge in [0.2, 0.25) is 0 Å². The fourth-order valence-electron chi connectivity index (χ4n) is 3.04. The molecule has 1 aromatic rings. The van der Waals surface area contributed by atoms with E-state index in [-0.39, 0.29) is 5.41 Å². The maximum Gasteiger partial charge on any atom is 0.303 e. The molecule has 2 heterocycles. The number of carboxylic acid groups (broad SMARTS) is 1. The van der Waals surface area contributed by atoms with E-state index in [4.69, 9.17) is 5.11 Å². The number of nitrogens with zero attached hydrogens (tertiary/aromatic N) is 3. The Kier molecular flexibility index (Phi) is 3.61. The van der Waals surface area contributed by atoms with E-state index in [1.165, 1.54) is 0 Å². The highest BCUT2D eigenvalue weighted by Crippen LogP contribution is 2.49. The molecular weight excluding hydrogens is 254 g/mol. The predicted octanol–water partition coefficient (Wildman–Crippen LogP) is 1.46. The van der Waals surface area contributed by atoms with Gasteiger partial charge in [0.25, 0.3) is 0 Å². The minimum absolute atomic E-state index is 0.0685. The van der Waals surface area contributed by atoms with Crippen LogP contribution < -0.4 is 4.90 Å². The van der Waals surface area contributed by atoms with Crippen molar-refractivity contribution in [2.24, 2.45) is 5.41 Å². The van der Waals surface area contributed by atoms with Crippen LogP contribution in [-0.2, 0) is 4.79 Å². The highest BCUT2D eigenvalue weighted by Gasteiger charge is 2.45. The van der Waals surface area contributed by atoms with Crippen LogP contribution in [0.15, 0.2) is 24.4 Å². The molecular formula is C15H21N3O2. The zero-order valence-electron chi connectivity index (χ0n) is 11.7. The van der Waals surface area contributed by atoms with Gasteiger partial charge in [0.1, 0.15) is 5.82 Å². The van der Waals surface area contributed by atoms with E-state index >= 15 is 0 Å². The van der Waals surface area contributed by atoms with Crippen molar-refractivity contribution in [2.75, 3.05) is 37.6 Å². The third-order valence-electron chi connectivity index (χ3n) is 4.39. The number of carboxylic acids is 1. The second-order valence-electron chi connectivity index (χ2n) is 6.02. The van der Waals surface area contributed by atoms with Crippen molar-refractivity contribution in [3.05, 3.63) is 24.4 Å². The molecule has 5 heteroatoms. The SMILES string of the molecule is O=C(O)CC1(CN2CCN(c3ccccn3)CC2)CC1. The van der Waals surface area contributed by atoms with Crippen molar-refractivity contribution in [1.29, 1.82) is 0 Å². The molecule has 1 aliphatic heterocycles. The second-order valence-corrected chi connectivity index (χ2v) is 6.02. The monoisotopic (exact) mass is 275 g/mol. The van der Waals surface area contributed by atoms with Crippen molar-refractivity contribution >= 4 is 11.8 Å². The van der Waals surface area contributed by atoms with Crippen LogP contribution in [0.3, 0.4) is 0 Å². The average molecular weight is 275 g/mol. The summed E-state index contributed by atoms with van der Waals surface area (Å²) in [6.45, 7) is 4.88. The Morgan fingerprint density at radius 3 is 2.55 bits per heavy atom. The molecule has 3 rings (SSSR count). The van der Waals surface area contributed by atoms with Crippen LogP contribution >= 0.6 is 0 Å². The van der Waals surface area contributed by atoms with Gasteiger partial charge in [-0.05, 0) is 30.4 Å². The van der Waals surface area contributed by atoms with Crippen molar-refractivity contribution in [1.82, 2.24) is 9.88 Å². The highest BCUT2D eigenvalue weighted by atomic mass is 16.4. The fraction of sp³-hybridized carbons (Fsp3) is 0.600. The zero-order chi connectivity index (χ0) is 14.0. The lowest BCUT2D eigenvalue weighted by Crippen LogP contribution is -2.48. The first-order valence-corrected chi connectivity index (χ1v) is 7.27. The van der Waals surface area contributed by atoms with Crippen molar-refractivity contribution in [3.63, 3.8) is 0 Å². The fourth-order valence-corrected chi connectivity index (χ4v) is 3.04. The summed E-state index contributed by atoms with van der Waals surface area (Å²) in [4.78, 5) is 20.0. The molecule has 0 unspecified atom stereocenters. The highest BCUT2D eigenvalue weighted by molar-refractivity contribution is 5.68. The first-order valence-electron chi connectivity index (χ1n) is 7.27. The van der Waals surface area contributed by atoms with Gasteiger partial charge >= 0.3 is 5.97 Å². The predicted molar refractivity (Wildman–Crippen MR) is 76.8 cm³/mol. The number of carbonyl (C=O) groups is 1. The van der Waals surface area contributed by atoms with Crippen LogP contribution in [-0.4, -0.2) is 53.7 Å². The van der Waals surface area contributed by atoms with Gasteiger partial charge in [-0.3, -0.25) is 9.69 Å². The third-order valence-corrected chi connectivity index (χ3v) is 4.39. The smallest absolute Gasteiger partial charge is 0.303 e. The minimum Gasteiger partial charge on any atom is -0.481 e. The maximum absolute atomic E-state index is 10.9. The summed E-state index contributed by atoms with van der Waals surface area (Å²) in [7, 11) is 0. The number of hydrogen-bond acceptors (Lipinski definition) is 4. The number of pyridine rings is 1. The molecule has 1 aliphatic carbocycles. The molecule has 1 saturated carbocycles. The van der Waals surface area contributed by atoms with Gasteiger partial charge in [-0.2, -0.15) is 0 Å². The quantitative estimate of drug-likeness (QED) is 0.881.